The van der Waals surface area contributed by atoms with Crippen LogP contribution in [0.25, 0.3) is 5.65 Å². The van der Waals surface area contributed by atoms with Crippen LogP contribution in [0, 0.1) is 12.7 Å². The van der Waals surface area contributed by atoms with Gasteiger partial charge in [0, 0.05) is 31.9 Å². The van der Waals surface area contributed by atoms with Gasteiger partial charge in [0.2, 0.25) is 0 Å². The average molecular weight is 409 g/mol. The molecule has 2 aromatic heterocycles. The zero-order valence-electron chi connectivity index (χ0n) is 17.7. The molecule has 1 saturated heterocycles. The van der Waals surface area contributed by atoms with Gasteiger partial charge in [0.25, 0.3) is 5.91 Å². The Labute approximate surface area is 176 Å². The first kappa shape index (κ1) is 20.5. The summed E-state index contributed by atoms with van der Waals surface area (Å²) < 4.78 is 15.3. The molecule has 3 aromatic rings. The Hall–Kier alpha value is -2.73. The summed E-state index contributed by atoms with van der Waals surface area (Å²) in [7, 11) is 0. The lowest BCUT2D eigenvalue weighted by Gasteiger charge is -2.26. The van der Waals surface area contributed by atoms with E-state index in [1.54, 1.807) is 0 Å². The van der Waals surface area contributed by atoms with Crippen LogP contribution in [0.2, 0.25) is 0 Å². The highest BCUT2D eigenvalue weighted by Crippen LogP contribution is 2.22. The van der Waals surface area contributed by atoms with Crippen LogP contribution >= 0.6 is 0 Å². The van der Waals surface area contributed by atoms with Crippen LogP contribution in [-0.2, 0) is 6.54 Å². The molecule has 30 heavy (non-hydrogen) atoms. The summed E-state index contributed by atoms with van der Waals surface area (Å²) in [5.41, 5.74) is 4.32. The molecular weight excluding hydrogens is 379 g/mol. The first-order valence-corrected chi connectivity index (χ1v) is 10.8. The Kier molecular flexibility index (Phi) is 6.13. The summed E-state index contributed by atoms with van der Waals surface area (Å²) in [4.78, 5) is 20.0. The number of hydrogen-bond acceptors (Lipinski definition) is 3. The number of aryl methyl sites for hydroxylation is 1. The van der Waals surface area contributed by atoms with E-state index in [1.165, 1.54) is 18.6 Å². The van der Waals surface area contributed by atoms with Crippen LogP contribution in [0.5, 0.6) is 0 Å². The van der Waals surface area contributed by atoms with Gasteiger partial charge < -0.3 is 14.6 Å². The molecule has 1 aliphatic heterocycles. The third-order valence-electron chi connectivity index (χ3n) is 5.99. The molecule has 1 atom stereocenters. The van der Waals surface area contributed by atoms with E-state index in [2.05, 4.69) is 12.2 Å². The summed E-state index contributed by atoms with van der Waals surface area (Å²) in [6.45, 7) is 6.22. The number of imidazole rings is 1. The molecule has 1 N–H and O–H groups in total. The van der Waals surface area contributed by atoms with Gasteiger partial charge in [-0.25, -0.2) is 9.37 Å². The van der Waals surface area contributed by atoms with Gasteiger partial charge in [-0.1, -0.05) is 25.1 Å². The van der Waals surface area contributed by atoms with Gasteiger partial charge in [0.15, 0.2) is 5.69 Å². The van der Waals surface area contributed by atoms with E-state index in [4.69, 9.17) is 4.98 Å². The number of carbonyl (C=O) groups is 1. The van der Waals surface area contributed by atoms with Gasteiger partial charge in [-0.2, -0.15) is 0 Å². The SMILES string of the molecule is CC[C@@H](NCc1c(C(=O)N2CCCCC2)nc2c(C)cccn12)c1ccc(F)cc1. The number of carbonyl (C=O) groups excluding carboxylic acids is 1. The summed E-state index contributed by atoms with van der Waals surface area (Å²) >= 11 is 0. The van der Waals surface area contributed by atoms with E-state index in [0.717, 1.165) is 54.8 Å². The Morgan fingerprint density at radius 2 is 1.90 bits per heavy atom. The molecule has 158 valence electrons. The molecule has 4 rings (SSSR count). The monoisotopic (exact) mass is 408 g/mol. The summed E-state index contributed by atoms with van der Waals surface area (Å²) in [5.74, 6) is -0.218. The zero-order chi connectivity index (χ0) is 21.1. The van der Waals surface area contributed by atoms with E-state index in [-0.39, 0.29) is 17.8 Å². The minimum Gasteiger partial charge on any atom is -0.337 e. The lowest BCUT2D eigenvalue weighted by Crippen LogP contribution is -2.36. The minimum absolute atomic E-state index is 0.0180. The van der Waals surface area contributed by atoms with Crippen molar-refractivity contribution >= 4 is 11.6 Å². The fraction of sp³-hybridized carbons (Fsp3) is 0.417. The smallest absolute Gasteiger partial charge is 0.274 e. The molecule has 0 saturated carbocycles. The maximum absolute atomic E-state index is 13.3. The number of amides is 1. The Morgan fingerprint density at radius 3 is 2.60 bits per heavy atom. The summed E-state index contributed by atoms with van der Waals surface area (Å²) in [5, 5.41) is 3.56. The molecule has 0 bridgehead atoms. The molecule has 0 aliphatic carbocycles. The van der Waals surface area contributed by atoms with Gasteiger partial charge in [-0.15, -0.1) is 0 Å². The highest BCUT2D eigenvalue weighted by atomic mass is 19.1. The number of aromatic nitrogens is 2. The molecule has 1 amide bonds. The minimum atomic E-state index is -0.236. The molecule has 1 fully saturated rings. The van der Waals surface area contributed by atoms with Crippen molar-refractivity contribution in [3.8, 4) is 0 Å². The summed E-state index contributed by atoms with van der Waals surface area (Å²) in [6.07, 6.45) is 6.11. The maximum Gasteiger partial charge on any atom is 0.274 e. The van der Waals surface area contributed by atoms with Crippen molar-refractivity contribution in [2.45, 2.75) is 52.1 Å². The highest BCUT2D eigenvalue weighted by molar-refractivity contribution is 5.94. The fourth-order valence-corrected chi connectivity index (χ4v) is 4.25. The van der Waals surface area contributed by atoms with Gasteiger partial charge in [0.1, 0.15) is 11.5 Å². The van der Waals surface area contributed by atoms with Crippen molar-refractivity contribution in [1.29, 1.82) is 0 Å². The number of likely N-dealkylation sites (tertiary alicyclic amines) is 1. The van der Waals surface area contributed by atoms with E-state index >= 15 is 0 Å². The largest absolute Gasteiger partial charge is 0.337 e. The number of pyridine rings is 1. The molecule has 0 radical (unpaired) electrons. The number of hydrogen-bond donors (Lipinski definition) is 1. The number of piperidine rings is 1. The highest BCUT2D eigenvalue weighted by Gasteiger charge is 2.26. The first-order valence-electron chi connectivity index (χ1n) is 10.8. The second kappa shape index (κ2) is 8.96. The van der Waals surface area contributed by atoms with Crippen molar-refractivity contribution in [1.82, 2.24) is 19.6 Å². The number of halogens is 1. The number of benzene rings is 1. The number of fused-ring (bicyclic) bond motifs is 1. The first-order chi connectivity index (χ1) is 14.6. The van der Waals surface area contributed by atoms with Crippen molar-refractivity contribution in [3.63, 3.8) is 0 Å². The topological polar surface area (TPSA) is 49.6 Å². The maximum atomic E-state index is 13.3. The van der Waals surface area contributed by atoms with Gasteiger partial charge in [-0.3, -0.25) is 4.79 Å². The lowest BCUT2D eigenvalue weighted by molar-refractivity contribution is 0.0717. The van der Waals surface area contributed by atoms with Crippen LogP contribution in [0.3, 0.4) is 0 Å². The zero-order valence-corrected chi connectivity index (χ0v) is 17.7. The predicted octanol–water partition coefficient (Wildman–Crippen LogP) is 4.65. The second-order valence-corrected chi connectivity index (χ2v) is 8.04. The van der Waals surface area contributed by atoms with Crippen molar-refractivity contribution in [2.24, 2.45) is 0 Å². The molecule has 6 heteroatoms. The van der Waals surface area contributed by atoms with E-state index in [0.29, 0.717) is 12.2 Å². The Bertz CT molecular complexity index is 1020. The third kappa shape index (κ3) is 4.10. The standard InChI is InChI=1S/C24H29FN4O/c1-3-20(18-9-11-19(25)12-10-18)26-16-21-22(24(30)28-13-5-4-6-14-28)27-23-17(2)8-7-15-29(21)23/h7-12,15,20,26H,3-6,13-14,16H2,1-2H3/t20-/m1/s1. The van der Waals surface area contributed by atoms with Gasteiger partial charge in [-0.05, 0) is 61.9 Å². The fourth-order valence-electron chi connectivity index (χ4n) is 4.25. The van der Waals surface area contributed by atoms with E-state index in [9.17, 15) is 9.18 Å². The van der Waals surface area contributed by atoms with Crippen LogP contribution in [0.1, 0.15) is 66.0 Å². The molecule has 1 aromatic carbocycles. The lowest BCUT2D eigenvalue weighted by atomic mass is 10.0. The number of rotatable bonds is 6. The number of nitrogens with one attached hydrogen (secondary N) is 1. The van der Waals surface area contributed by atoms with Gasteiger partial charge >= 0.3 is 0 Å². The van der Waals surface area contributed by atoms with Crippen molar-refractivity contribution < 1.29 is 9.18 Å². The average Bonchev–Trinajstić information content (AvgIpc) is 3.15. The quantitative estimate of drug-likeness (QED) is 0.646. The molecule has 5 nitrogen and oxygen atoms in total. The van der Waals surface area contributed by atoms with Gasteiger partial charge in [0.05, 0.1) is 5.69 Å². The van der Waals surface area contributed by atoms with Crippen LogP contribution in [0.4, 0.5) is 4.39 Å². The van der Waals surface area contributed by atoms with Crippen LogP contribution in [0.15, 0.2) is 42.6 Å². The molecule has 0 unspecified atom stereocenters. The molecule has 1 aliphatic rings. The third-order valence-corrected chi connectivity index (χ3v) is 5.99. The summed E-state index contributed by atoms with van der Waals surface area (Å²) in [6, 6.07) is 10.7. The van der Waals surface area contributed by atoms with Crippen molar-refractivity contribution in [3.05, 3.63) is 70.9 Å². The second-order valence-electron chi connectivity index (χ2n) is 8.04. The Balaban J connectivity index is 1.65. The van der Waals surface area contributed by atoms with Crippen LogP contribution in [-0.4, -0.2) is 33.3 Å². The molecule has 0 spiro atoms. The predicted molar refractivity (Wildman–Crippen MR) is 116 cm³/mol. The number of nitrogens with zero attached hydrogens (tertiary/aromatic N) is 3. The van der Waals surface area contributed by atoms with E-state index < -0.39 is 0 Å². The van der Waals surface area contributed by atoms with Crippen molar-refractivity contribution in [2.75, 3.05) is 13.1 Å². The molecular formula is C24H29FN4O. The Morgan fingerprint density at radius 1 is 1.17 bits per heavy atom. The van der Waals surface area contributed by atoms with Crippen LogP contribution < -0.4 is 5.32 Å². The molecule has 3 heterocycles. The van der Waals surface area contributed by atoms with E-state index in [1.807, 2.05) is 46.7 Å². The normalized spacial score (nSPS) is 15.5.